The Hall–Kier alpha value is -1.18. The molecule has 1 atom stereocenters. The highest BCUT2D eigenvalue weighted by Gasteiger charge is 2.29. The van der Waals surface area contributed by atoms with E-state index in [-0.39, 0.29) is 0 Å². The van der Waals surface area contributed by atoms with Gasteiger partial charge in [0.1, 0.15) is 5.75 Å². The van der Waals surface area contributed by atoms with Crippen LogP contribution in [-0.2, 0) is 0 Å². The van der Waals surface area contributed by atoms with E-state index >= 15 is 0 Å². The van der Waals surface area contributed by atoms with Gasteiger partial charge in [-0.3, -0.25) is 0 Å². The van der Waals surface area contributed by atoms with E-state index in [1.807, 2.05) is 0 Å². The summed E-state index contributed by atoms with van der Waals surface area (Å²) in [6.07, 6.45) is 8.40. The van der Waals surface area contributed by atoms with E-state index in [9.17, 15) is 0 Å². The van der Waals surface area contributed by atoms with E-state index in [1.165, 1.54) is 49.8 Å². The van der Waals surface area contributed by atoms with Crippen LogP contribution < -0.4 is 10.1 Å². The molecule has 98 valence electrons. The van der Waals surface area contributed by atoms with E-state index in [1.54, 1.807) is 7.11 Å². The van der Waals surface area contributed by atoms with Gasteiger partial charge in [-0.2, -0.15) is 0 Å². The van der Waals surface area contributed by atoms with Gasteiger partial charge in [-0.15, -0.1) is 0 Å². The highest BCUT2D eigenvalue weighted by atomic mass is 16.5. The lowest BCUT2D eigenvalue weighted by atomic mass is 9.74. The van der Waals surface area contributed by atoms with Crippen molar-refractivity contribution in [1.29, 1.82) is 0 Å². The molecule has 1 unspecified atom stereocenters. The lowest BCUT2D eigenvalue weighted by Crippen LogP contribution is -2.24. The van der Waals surface area contributed by atoms with Crippen LogP contribution in [0.3, 0.4) is 0 Å². The van der Waals surface area contributed by atoms with E-state index < -0.39 is 0 Å². The Morgan fingerprint density at radius 3 is 2.72 bits per heavy atom. The van der Waals surface area contributed by atoms with Gasteiger partial charge < -0.3 is 10.1 Å². The van der Waals surface area contributed by atoms with Gasteiger partial charge in [-0.1, -0.05) is 19.3 Å². The first-order chi connectivity index (χ1) is 8.88. The number of anilines is 1. The second kappa shape index (κ2) is 5.21. The SMILES string of the molecule is COc1ccc2c(c1)C(C1CCCCC1)CCN2. The molecule has 0 radical (unpaired) electrons. The monoisotopic (exact) mass is 245 g/mol. The maximum absolute atomic E-state index is 5.39. The van der Waals surface area contributed by atoms with Gasteiger partial charge in [0, 0.05) is 12.2 Å². The van der Waals surface area contributed by atoms with E-state index in [0.717, 1.165) is 24.1 Å². The molecule has 2 heteroatoms. The van der Waals surface area contributed by atoms with Crippen molar-refractivity contribution >= 4 is 5.69 Å². The van der Waals surface area contributed by atoms with Gasteiger partial charge in [0.2, 0.25) is 0 Å². The summed E-state index contributed by atoms with van der Waals surface area (Å²) in [5.41, 5.74) is 2.82. The minimum absolute atomic E-state index is 0.747. The van der Waals surface area contributed by atoms with Crippen molar-refractivity contribution in [3.05, 3.63) is 23.8 Å². The molecule has 2 nitrogen and oxygen atoms in total. The van der Waals surface area contributed by atoms with Gasteiger partial charge in [0.05, 0.1) is 7.11 Å². The van der Waals surface area contributed by atoms with Crippen molar-refractivity contribution in [2.75, 3.05) is 19.0 Å². The maximum atomic E-state index is 5.39. The van der Waals surface area contributed by atoms with Crippen molar-refractivity contribution < 1.29 is 4.74 Å². The Labute approximate surface area is 110 Å². The summed E-state index contributed by atoms with van der Waals surface area (Å²) in [5.74, 6) is 2.64. The summed E-state index contributed by atoms with van der Waals surface area (Å²) in [6, 6.07) is 6.50. The molecule has 3 rings (SSSR count). The molecule has 18 heavy (non-hydrogen) atoms. The Bertz CT molecular complexity index is 410. The zero-order valence-corrected chi connectivity index (χ0v) is 11.2. The molecular formula is C16H23NO. The third-order valence-corrected chi connectivity index (χ3v) is 4.65. The van der Waals surface area contributed by atoms with Crippen molar-refractivity contribution in [3.63, 3.8) is 0 Å². The molecule has 2 aliphatic rings. The van der Waals surface area contributed by atoms with Crippen molar-refractivity contribution in [2.45, 2.75) is 44.4 Å². The van der Waals surface area contributed by atoms with Crippen LogP contribution in [0.15, 0.2) is 18.2 Å². The topological polar surface area (TPSA) is 21.3 Å². The highest BCUT2D eigenvalue weighted by Crippen LogP contribution is 2.43. The Morgan fingerprint density at radius 2 is 1.94 bits per heavy atom. The normalized spacial score (nSPS) is 24.2. The summed E-state index contributed by atoms with van der Waals surface area (Å²) in [5, 5.41) is 3.53. The van der Waals surface area contributed by atoms with E-state index in [2.05, 4.69) is 23.5 Å². The van der Waals surface area contributed by atoms with Gasteiger partial charge in [0.15, 0.2) is 0 Å². The van der Waals surface area contributed by atoms with Crippen LogP contribution in [0.2, 0.25) is 0 Å². The second-order valence-corrected chi connectivity index (χ2v) is 5.67. The second-order valence-electron chi connectivity index (χ2n) is 5.67. The lowest BCUT2D eigenvalue weighted by molar-refractivity contribution is 0.294. The molecule has 1 aromatic carbocycles. The first kappa shape index (κ1) is 11.9. The van der Waals surface area contributed by atoms with E-state index in [4.69, 9.17) is 4.74 Å². The molecule has 1 fully saturated rings. The Balaban J connectivity index is 1.89. The van der Waals surface area contributed by atoms with Gasteiger partial charge in [-0.25, -0.2) is 0 Å². The van der Waals surface area contributed by atoms with Crippen LogP contribution in [0.4, 0.5) is 5.69 Å². The molecule has 1 heterocycles. The van der Waals surface area contributed by atoms with Gasteiger partial charge in [0.25, 0.3) is 0 Å². The molecule has 0 aromatic heterocycles. The quantitative estimate of drug-likeness (QED) is 0.844. The average Bonchev–Trinajstić information content (AvgIpc) is 2.47. The summed E-state index contributed by atoms with van der Waals surface area (Å²) >= 11 is 0. The van der Waals surface area contributed by atoms with Crippen molar-refractivity contribution in [2.24, 2.45) is 5.92 Å². The van der Waals surface area contributed by atoms with Crippen LogP contribution in [0.1, 0.15) is 50.0 Å². The summed E-state index contributed by atoms with van der Waals surface area (Å²) in [7, 11) is 1.76. The maximum Gasteiger partial charge on any atom is 0.119 e. The molecule has 1 aliphatic heterocycles. The van der Waals surface area contributed by atoms with Gasteiger partial charge >= 0.3 is 0 Å². The van der Waals surface area contributed by atoms with Crippen LogP contribution in [-0.4, -0.2) is 13.7 Å². The Morgan fingerprint density at radius 1 is 1.11 bits per heavy atom. The number of hydrogen-bond acceptors (Lipinski definition) is 2. The fraction of sp³-hybridized carbons (Fsp3) is 0.625. The lowest BCUT2D eigenvalue weighted by Gasteiger charge is -2.35. The number of nitrogens with one attached hydrogen (secondary N) is 1. The number of ether oxygens (including phenoxy) is 1. The van der Waals surface area contributed by atoms with Crippen LogP contribution in [0, 0.1) is 5.92 Å². The molecule has 0 bridgehead atoms. The van der Waals surface area contributed by atoms with Gasteiger partial charge in [-0.05, 0) is 54.9 Å². The number of fused-ring (bicyclic) bond motifs is 1. The first-order valence-corrected chi connectivity index (χ1v) is 7.30. The molecule has 1 aliphatic carbocycles. The number of benzene rings is 1. The zero-order chi connectivity index (χ0) is 12.4. The molecule has 1 N–H and O–H groups in total. The smallest absolute Gasteiger partial charge is 0.119 e. The Kier molecular flexibility index (Phi) is 3.44. The number of methoxy groups -OCH3 is 1. The highest BCUT2D eigenvalue weighted by molar-refractivity contribution is 5.57. The zero-order valence-electron chi connectivity index (χ0n) is 11.2. The number of rotatable bonds is 2. The first-order valence-electron chi connectivity index (χ1n) is 7.30. The molecule has 0 saturated heterocycles. The summed E-state index contributed by atoms with van der Waals surface area (Å²) < 4.78 is 5.39. The third kappa shape index (κ3) is 2.21. The van der Waals surface area contributed by atoms with Crippen LogP contribution in [0.25, 0.3) is 0 Å². The third-order valence-electron chi connectivity index (χ3n) is 4.65. The number of hydrogen-bond donors (Lipinski definition) is 1. The minimum atomic E-state index is 0.747. The molecule has 0 spiro atoms. The fourth-order valence-corrected chi connectivity index (χ4v) is 3.68. The standard InChI is InChI=1S/C16H23NO/c1-18-13-7-8-16-15(11-13)14(9-10-17-16)12-5-3-2-4-6-12/h7-8,11-12,14,17H,2-6,9-10H2,1H3. The largest absolute Gasteiger partial charge is 0.497 e. The average molecular weight is 245 g/mol. The minimum Gasteiger partial charge on any atom is -0.497 e. The molecule has 0 amide bonds. The van der Waals surface area contributed by atoms with Crippen molar-refractivity contribution in [3.8, 4) is 5.75 Å². The summed E-state index contributed by atoms with van der Waals surface area (Å²) in [6.45, 7) is 1.13. The molecular weight excluding hydrogens is 222 g/mol. The van der Waals surface area contributed by atoms with Crippen LogP contribution in [0.5, 0.6) is 5.75 Å². The predicted molar refractivity (Wildman–Crippen MR) is 75.4 cm³/mol. The fourth-order valence-electron chi connectivity index (χ4n) is 3.68. The summed E-state index contributed by atoms with van der Waals surface area (Å²) in [4.78, 5) is 0. The van der Waals surface area contributed by atoms with Crippen LogP contribution >= 0.6 is 0 Å². The molecule has 1 aromatic rings. The molecule has 1 saturated carbocycles. The van der Waals surface area contributed by atoms with Crippen molar-refractivity contribution in [1.82, 2.24) is 0 Å². The van der Waals surface area contributed by atoms with E-state index in [0.29, 0.717) is 0 Å². The predicted octanol–water partition coefficient (Wildman–Crippen LogP) is 4.17.